The van der Waals surface area contributed by atoms with E-state index < -0.39 is 15.8 Å². The van der Waals surface area contributed by atoms with Crippen LogP contribution in [0.15, 0.2) is 194 Å². The van der Waals surface area contributed by atoms with E-state index in [-0.39, 0.29) is 19.5 Å². The number of hydrogen-bond acceptors (Lipinski definition) is 2. The van der Waals surface area contributed by atoms with Crippen molar-refractivity contribution in [2.75, 3.05) is 26.4 Å². The minimum Gasteiger partial charge on any atom is -0.381 e. The molecule has 57 heavy (non-hydrogen) atoms. The maximum absolute atomic E-state index is 4.94. The van der Waals surface area contributed by atoms with Gasteiger partial charge in [-0.15, -0.1) is 0 Å². The van der Waals surface area contributed by atoms with Crippen molar-refractivity contribution in [1.29, 1.82) is 0 Å². The molecule has 8 aromatic rings. The van der Waals surface area contributed by atoms with Crippen LogP contribution in [0.3, 0.4) is 0 Å². The van der Waals surface area contributed by atoms with Gasteiger partial charge in [0.15, 0.2) is 0 Å². The minimum atomic E-state index is -0.852. The van der Waals surface area contributed by atoms with E-state index in [1.165, 1.54) is 90.2 Å². The average Bonchev–Trinajstić information content (AvgIpc) is 4.07. The third-order valence-corrected chi connectivity index (χ3v) is 15.2. The molecular weight excluding hydrogens is 821 g/mol. The van der Waals surface area contributed by atoms with E-state index >= 15 is 0 Å². The topological polar surface area (TPSA) is 18.5 Å². The van der Waals surface area contributed by atoms with E-state index in [0.29, 0.717) is 0 Å². The molecule has 0 bridgehead atoms. The smallest absolute Gasteiger partial charge is 0.0466 e. The van der Waals surface area contributed by atoms with E-state index in [1.54, 1.807) is 0 Å². The van der Waals surface area contributed by atoms with Gasteiger partial charge in [0.1, 0.15) is 0 Å². The molecule has 0 aliphatic carbocycles. The summed E-state index contributed by atoms with van der Waals surface area (Å²) in [5, 5.41) is 13.3. The van der Waals surface area contributed by atoms with Gasteiger partial charge < -0.3 is 9.47 Å². The quantitative estimate of drug-likeness (QED) is 0.117. The van der Waals surface area contributed by atoms with Crippen LogP contribution in [0.25, 0.3) is 32.7 Å². The zero-order chi connectivity index (χ0) is 37.8. The molecule has 0 atom stereocenters. The molecular formula is C52H48O2P2Rh. The Hall–Kier alpha value is -4.32. The minimum absolute atomic E-state index is 0. The number of hydrogen-bond donors (Lipinski definition) is 0. The summed E-state index contributed by atoms with van der Waals surface area (Å²) >= 11 is 0. The summed E-state index contributed by atoms with van der Waals surface area (Å²) in [7, 11) is -1.70. The van der Waals surface area contributed by atoms with E-state index in [0.717, 1.165) is 26.4 Å². The van der Waals surface area contributed by atoms with Gasteiger partial charge in [-0.25, -0.2) is 0 Å². The van der Waals surface area contributed by atoms with Gasteiger partial charge >= 0.3 is 0 Å². The number of ether oxygens (including phenoxy) is 2. The molecule has 0 spiro atoms. The van der Waals surface area contributed by atoms with Crippen LogP contribution in [-0.2, 0) is 29.0 Å². The Bertz CT molecular complexity index is 2170. The van der Waals surface area contributed by atoms with Gasteiger partial charge in [-0.3, -0.25) is 0 Å². The molecule has 8 aromatic carbocycles. The zero-order valence-electron chi connectivity index (χ0n) is 32.2. The number of benzene rings is 8. The van der Waals surface area contributed by atoms with Gasteiger partial charge in [0.2, 0.25) is 0 Å². The van der Waals surface area contributed by atoms with Gasteiger partial charge in [0.25, 0.3) is 0 Å². The van der Waals surface area contributed by atoms with Crippen molar-refractivity contribution in [2.45, 2.75) is 25.7 Å². The molecule has 2 fully saturated rings. The Morgan fingerprint density at radius 2 is 0.579 bits per heavy atom. The predicted molar refractivity (Wildman–Crippen MR) is 244 cm³/mol. The van der Waals surface area contributed by atoms with E-state index in [1.807, 2.05) is 0 Å². The number of fused-ring (bicyclic) bond motifs is 2. The molecule has 10 rings (SSSR count). The molecule has 2 nitrogen and oxygen atoms in total. The summed E-state index contributed by atoms with van der Waals surface area (Å²) in [4.78, 5) is 0. The monoisotopic (exact) mass is 869 g/mol. The van der Waals surface area contributed by atoms with Crippen molar-refractivity contribution in [3.8, 4) is 11.1 Å². The Labute approximate surface area is 353 Å². The first-order valence-electron chi connectivity index (χ1n) is 19.9. The van der Waals surface area contributed by atoms with Crippen molar-refractivity contribution in [2.24, 2.45) is 0 Å². The average molecular weight is 870 g/mol. The summed E-state index contributed by atoms with van der Waals surface area (Å²) in [6.45, 7) is 4.00. The van der Waals surface area contributed by atoms with Gasteiger partial charge in [-0.2, -0.15) is 0 Å². The normalized spacial score (nSPS) is 13.4. The number of rotatable bonds is 7. The van der Waals surface area contributed by atoms with Crippen LogP contribution in [0.2, 0.25) is 0 Å². The van der Waals surface area contributed by atoms with Crippen LogP contribution >= 0.6 is 15.8 Å². The van der Waals surface area contributed by atoms with E-state index in [2.05, 4.69) is 194 Å². The summed E-state index contributed by atoms with van der Waals surface area (Å²) in [6, 6.07) is 71.8. The molecule has 5 heteroatoms. The van der Waals surface area contributed by atoms with E-state index in [4.69, 9.17) is 9.47 Å². The second kappa shape index (κ2) is 20.9. The van der Waals surface area contributed by atoms with Crippen LogP contribution in [0.5, 0.6) is 0 Å². The molecule has 0 unspecified atom stereocenters. The zero-order valence-corrected chi connectivity index (χ0v) is 35.6. The maximum atomic E-state index is 4.94. The molecule has 2 saturated heterocycles. The first-order chi connectivity index (χ1) is 27.9. The van der Waals surface area contributed by atoms with Crippen molar-refractivity contribution in [1.82, 2.24) is 0 Å². The standard InChI is InChI=1S/C44H32P2.2C4H8O.Rh/c1-5-19-35(20-6-1)45(36-21-7-2-8-22-36)41-31-29-33-17-13-15-27-39(33)43(41)44-40-28-16-14-18-34(40)30-32-42(44)46(37-23-9-3-10-24-37)38-25-11-4-12-26-38;2*1-2-4-5-3-1;/h1-32H;2*1-4H2;. The maximum Gasteiger partial charge on any atom is 0.0466 e. The first-order valence-corrected chi connectivity index (χ1v) is 22.5. The fraction of sp³-hybridized carbons (Fsp3) is 0.154. The Morgan fingerprint density at radius 3 is 0.860 bits per heavy atom. The summed E-state index contributed by atoms with van der Waals surface area (Å²) < 4.78 is 9.89. The van der Waals surface area contributed by atoms with Crippen LogP contribution in [-0.4, -0.2) is 26.4 Å². The SMILES string of the molecule is C1CCOC1.C1CCOC1.[Rh].c1ccc(P(c2ccccc2)c2ccc3ccccc3c2-c2c(P(c3ccccc3)c3ccccc3)ccc3ccccc23)cc1. The molecule has 2 aliphatic heterocycles. The summed E-state index contributed by atoms with van der Waals surface area (Å²) in [6.07, 6.45) is 5.11. The van der Waals surface area contributed by atoms with Crippen LogP contribution in [0, 0.1) is 0 Å². The molecule has 2 aliphatic rings. The first kappa shape index (κ1) is 40.9. The molecule has 287 valence electrons. The molecule has 0 N–H and O–H groups in total. The molecule has 0 amide bonds. The van der Waals surface area contributed by atoms with Gasteiger partial charge in [0, 0.05) is 45.9 Å². The second-order valence-corrected chi connectivity index (χ2v) is 18.4. The predicted octanol–water partition coefficient (Wildman–Crippen LogP) is 10.8. The molecule has 0 aromatic heterocycles. The fourth-order valence-corrected chi connectivity index (χ4v) is 12.6. The second-order valence-electron chi connectivity index (χ2n) is 14.0. The van der Waals surface area contributed by atoms with Gasteiger partial charge in [-0.1, -0.05) is 194 Å². The largest absolute Gasteiger partial charge is 0.381 e. The molecule has 2 heterocycles. The van der Waals surface area contributed by atoms with Crippen molar-refractivity contribution in [3.63, 3.8) is 0 Å². The van der Waals surface area contributed by atoms with Crippen LogP contribution in [0.1, 0.15) is 25.7 Å². The van der Waals surface area contributed by atoms with Crippen molar-refractivity contribution in [3.05, 3.63) is 194 Å². The summed E-state index contributed by atoms with van der Waals surface area (Å²) in [5.41, 5.74) is 2.70. The van der Waals surface area contributed by atoms with Gasteiger partial charge in [-0.05, 0) is 106 Å². The molecule has 1 radical (unpaired) electrons. The van der Waals surface area contributed by atoms with Crippen molar-refractivity contribution < 1.29 is 29.0 Å². The van der Waals surface area contributed by atoms with Crippen molar-refractivity contribution >= 4 is 69.2 Å². The van der Waals surface area contributed by atoms with Crippen LogP contribution < -0.4 is 31.8 Å². The third kappa shape index (κ3) is 9.87. The third-order valence-electron chi connectivity index (χ3n) is 10.3. The molecule has 0 saturated carbocycles. The van der Waals surface area contributed by atoms with Gasteiger partial charge in [0.05, 0.1) is 0 Å². The van der Waals surface area contributed by atoms with Crippen LogP contribution in [0.4, 0.5) is 0 Å². The Kier molecular flexibility index (Phi) is 15.0. The van der Waals surface area contributed by atoms with E-state index in [9.17, 15) is 0 Å². The Balaban J connectivity index is 0.000000395. The fourth-order valence-electron chi connectivity index (χ4n) is 7.60. The summed E-state index contributed by atoms with van der Waals surface area (Å²) in [5.74, 6) is 0. The Morgan fingerprint density at radius 1 is 0.298 bits per heavy atom.